The van der Waals surface area contributed by atoms with Crippen LogP contribution in [0.5, 0.6) is 11.5 Å². The maximum absolute atomic E-state index is 12.5. The summed E-state index contributed by atoms with van der Waals surface area (Å²) in [5, 5.41) is 0.159. The number of aliphatic imine (C=N–C) groups is 1. The normalized spacial score (nSPS) is 14.1. The fourth-order valence-corrected chi connectivity index (χ4v) is 3.40. The van der Waals surface area contributed by atoms with Crippen molar-refractivity contribution in [2.24, 2.45) is 4.99 Å². The van der Waals surface area contributed by atoms with Crippen molar-refractivity contribution in [3.8, 4) is 11.5 Å². The molecule has 6 nitrogen and oxygen atoms in total. The van der Waals surface area contributed by atoms with Crippen LogP contribution in [0.3, 0.4) is 0 Å². The predicted molar refractivity (Wildman–Crippen MR) is 126 cm³/mol. The van der Waals surface area contributed by atoms with Gasteiger partial charge >= 0.3 is 11.9 Å². The Balaban J connectivity index is 1.64. The molecule has 0 N–H and O–H groups in total. The summed E-state index contributed by atoms with van der Waals surface area (Å²) in [6.07, 6.45) is 1.54. The van der Waals surface area contributed by atoms with E-state index in [0.717, 1.165) is 5.56 Å². The zero-order valence-electron chi connectivity index (χ0n) is 18.0. The molecule has 0 radical (unpaired) electrons. The number of carbonyl (C=O) groups excluding carboxylic acids is 2. The van der Waals surface area contributed by atoms with Gasteiger partial charge in [-0.15, -0.1) is 0 Å². The number of nitrogens with zero attached hydrogens (tertiary/aromatic N) is 1. The summed E-state index contributed by atoms with van der Waals surface area (Å²) in [6.45, 7) is 4.09. The van der Waals surface area contributed by atoms with Gasteiger partial charge in [0, 0.05) is 5.56 Å². The van der Waals surface area contributed by atoms with E-state index in [-0.39, 0.29) is 28.1 Å². The van der Waals surface area contributed by atoms with Crippen molar-refractivity contribution in [3.63, 3.8) is 0 Å². The van der Waals surface area contributed by atoms with Crippen molar-refractivity contribution in [1.82, 2.24) is 0 Å². The van der Waals surface area contributed by atoms with Gasteiger partial charge in [-0.1, -0.05) is 47.5 Å². The summed E-state index contributed by atoms with van der Waals surface area (Å²) >= 11 is 6.42. The fraction of sp³-hybridized carbons (Fsp3) is 0.115. The number of ether oxygens (including phenoxy) is 3. The molecule has 0 saturated heterocycles. The van der Waals surface area contributed by atoms with Gasteiger partial charge < -0.3 is 14.2 Å². The Kier molecular flexibility index (Phi) is 6.56. The third-order valence-electron chi connectivity index (χ3n) is 4.76. The van der Waals surface area contributed by atoms with Crippen molar-refractivity contribution >= 4 is 35.5 Å². The number of aryl methyl sites for hydroxylation is 1. The number of hydrogen-bond donors (Lipinski definition) is 0. The van der Waals surface area contributed by atoms with E-state index in [1.165, 1.54) is 0 Å². The van der Waals surface area contributed by atoms with Crippen molar-refractivity contribution in [3.05, 3.63) is 99.7 Å². The van der Waals surface area contributed by atoms with Gasteiger partial charge in [0.25, 0.3) is 0 Å². The number of halogens is 1. The highest BCUT2D eigenvalue weighted by Gasteiger charge is 2.25. The van der Waals surface area contributed by atoms with E-state index in [4.69, 9.17) is 25.8 Å². The van der Waals surface area contributed by atoms with Crippen LogP contribution in [-0.4, -0.2) is 24.4 Å². The quantitative estimate of drug-likeness (QED) is 0.271. The summed E-state index contributed by atoms with van der Waals surface area (Å²) in [5.41, 5.74) is 2.84. The van der Waals surface area contributed by atoms with Crippen LogP contribution >= 0.6 is 11.6 Å². The molecule has 0 bridgehead atoms. The fourth-order valence-electron chi connectivity index (χ4n) is 3.15. The minimum atomic E-state index is -0.570. The summed E-state index contributed by atoms with van der Waals surface area (Å²) in [4.78, 5) is 29.2. The van der Waals surface area contributed by atoms with E-state index >= 15 is 0 Å². The predicted octanol–water partition coefficient (Wildman–Crippen LogP) is 5.61. The van der Waals surface area contributed by atoms with E-state index in [0.29, 0.717) is 23.3 Å². The maximum atomic E-state index is 12.5. The van der Waals surface area contributed by atoms with Crippen molar-refractivity contribution < 1.29 is 23.8 Å². The Morgan fingerprint density at radius 3 is 2.52 bits per heavy atom. The van der Waals surface area contributed by atoms with E-state index in [2.05, 4.69) is 4.99 Å². The molecule has 4 rings (SSSR count). The molecule has 0 aliphatic carbocycles. The van der Waals surface area contributed by atoms with Crippen molar-refractivity contribution in [2.75, 3.05) is 6.61 Å². The molecule has 0 amide bonds. The van der Waals surface area contributed by atoms with Crippen molar-refractivity contribution in [2.45, 2.75) is 13.8 Å². The Labute approximate surface area is 196 Å². The van der Waals surface area contributed by atoms with Crippen molar-refractivity contribution in [1.29, 1.82) is 0 Å². The molecule has 1 aliphatic rings. The SMILES string of the molecule is CCOc1cc(/C=C2\N=C(c3ccc(C)cc3)OC2=O)cc(Cl)c1OC(=O)c1ccccc1. The molecular weight excluding hydrogens is 442 g/mol. The number of hydrogen-bond acceptors (Lipinski definition) is 6. The number of cyclic esters (lactones) is 1. The Bertz CT molecular complexity index is 1260. The number of rotatable bonds is 6. The molecule has 0 unspecified atom stereocenters. The topological polar surface area (TPSA) is 74.2 Å². The third-order valence-corrected chi connectivity index (χ3v) is 5.04. The second kappa shape index (κ2) is 9.71. The average Bonchev–Trinajstić information content (AvgIpc) is 3.17. The molecule has 33 heavy (non-hydrogen) atoms. The molecule has 1 heterocycles. The monoisotopic (exact) mass is 461 g/mol. The molecule has 166 valence electrons. The van der Waals surface area contributed by atoms with Gasteiger partial charge in [-0.25, -0.2) is 14.6 Å². The molecule has 0 atom stereocenters. The lowest BCUT2D eigenvalue weighted by molar-refractivity contribution is -0.129. The molecule has 7 heteroatoms. The Hall–Kier alpha value is -3.90. The Morgan fingerprint density at radius 2 is 1.82 bits per heavy atom. The largest absolute Gasteiger partial charge is 0.490 e. The molecule has 3 aromatic carbocycles. The van der Waals surface area contributed by atoms with Crippen LogP contribution < -0.4 is 9.47 Å². The van der Waals surface area contributed by atoms with E-state index in [1.54, 1.807) is 55.5 Å². The maximum Gasteiger partial charge on any atom is 0.363 e. The third kappa shape index (κ3) is 5.13. The highest BCUT2D eigenvalue weighted by Crippen LogP contribution is 2.38. The molecule has 0 aromatic heterocycles. The van der Waals surface area contributed by atoms with Crippen LogP contribution in [-0.2, 0) is 9.53 Å². The van der Waals surface area contributed by atoms with Gasteiger partial charge in [-0.2, -0.15) is 0 Å². The first-order chi connectivity index (χ1) is 15.9. The summed E-state index contributed by atoms with van der Waals surface area (Å²) in [7, 11) is 0. The lowest BCUT2D eigenvalue weighted by Gasteiger charge is -2.13. The van der Waals surface area contributed by atoms with E-state index in [1.807, 2.05) is 31.2 Å². The highest BCUT2D eigenvalue weighted by atomic mass is 35.5. The molecular formula is C26H20ClNO5. The van der Waals surface area contributed by atoms with Crippen LogP contribution in [0.1, 0.15) is 34.0 Å². The number of benzene rings is 3. The minimum absolute atomic E-state index is 0.104. The number of carbonyl (C=O) groups is 2. The highest BCUT2D eigenvalue weighted by molar-refractivity contribution is 6.32. The van der Waals surface area contributed by atoms with E-state index in [9.17, 15) is 9.59 Å². The van der Waals surface area contributed by atoms with Gasteiger partial charge in [-0.05, 0) is 61.9 Å². The summed E-state index contributed by atoms with van der Waals surface area (Å²) in [5.74, 6) is -0.520. The van der Waals surface area contributed by atoms with Crippen LogP contribution in [0.25, 0.3) is 6.08 Å². The zero-order chi connectivity index (χ0) is 23.4. The van der Waals surface area contributed by atoms with Crippen LogP contribution in [0, 0.1) is 6.92 Å². The smallest absolute Gasteiger partial charge is 0.363 e. The van der Waals surface area contributed by atoms with Gasteiger partial charge in [0.2, 0.25) is 5.90 Å². The molecule has 3 aromatic rings. The van der Waals surface area contributed by atoms with Gasteiger partial charge in [0.05, 0.1) is 17.2 Å². The van der Waals surface area contributed by atoms with Gasteiger partial charge in [-0.3, -0.25) is 0 Å². The standard InChI is InChI=1S/C26H20ClNO5/c1-3-31-22-15-17(13-20(27)23(22)32-25(29)19-7-5-4-6-8-19)14-21-26(30)33-24(28-21)18-11-9-16(2)10-12-18/h4-15H,3H2,1-2H3/b21-14-. The summed E-state index contributed by atoms with van der Waals surface area (Å²) in [6, 6.07) is 19.3. The van der Waals surface area contributed by atoms with Crippen LogP contribution in [0.4, 0.5) is 0 Å². The molecule has 0 spiro atoms. The lowest BCUT2D eigenvalue weighted by atomic mass is 10.1. The number of esters is 2. The van der Waals surface area contributed by atoms with E-state index < -0.39 is 11.9 Å². The summed E-state index contributed by atoms with van der Waals surface area (Å²) < 4.78 is 16.5. The first-order valence-corrected chi connectivity index (χ1v) is 10.7. The average molecular weight is 462 g/mol. The molecule has 1 aliphatic heterocycles. The lowest BCUT2D eigenvalue weighted by Crippen LogP contribution is -2.10. The van der Waals surface area contributed by atoms with Gasteiger partial charge in [0.1, 0.15) is 0 Å². The first-order valence-electron chi connectivity index (χ1n) is 10.3. The van der Waals surface area contributed by atoms with Gasteiger partial charge in [0.15, 0.2) is 17.2 Å². The zero-order valence-corrected chi connectivity index (χ0v) is 18.8. The second-order valence-electron chi connectivity index (χ2n) is 7.22. The Morgan fingerprint density at radius 1 is 1.09 bits per heavy atom. The minimum Gasteiger partial charge on any atom is -0.490 e. The first kappa shape index (κ1) is 22.3. The second-order valence-corrected chi connectivity index (χ2v) is 7.63. The van der Waals surface area contributed by atoms with Crippen LogP contribution in [0.2, 0.25) is 5.02 Å². The van der Waals surface area contributed by atoms with Crippen LogP contribution in [0.15, 0.2) is 77.4 Å². The molecule has 0 fully saturated rings. The molecule has 0 saturated carbocycles.